The lowest BCUT2D eigenvalue weighted by molar-refractivity contribution is 0.211. The second-order valence-electron chi connectivity index (χ2n) is 7.60. The Kier molecular flexibility index (Phi) is 5.41. The maximum atomic E-state index is 13.3. The van der Waals surface area contributed by atoms with E-state index >= 15 is 0 Å². The van der Waals surface area contributed by atoms with Crippen LogP contribution in [0, 0.1) is 12.7 Å². The zero-order chi connectivity index (χ0) is 21.5. The number of aromatic hydroxyl groups is 1. The summed E-state index contributed by atoms with van der Waals surface area (Å²) in [5.41, 5.74) is 2.13. The monoisotopic (exact) mass is 501 g/mol. The van der Waals surface area contributed by atoms with Crippen LogP contribution < -0.4 is 4.90 Å². The largest absolute Gasteiger partial charge is 0.492 e. The number of aryl methyl sites for hydroxylation is 1. The van der Waals surface area contributed by atoms with E-state index in [1.165, 1.54) is 28.0 Å². The number of hydrogen-bond donors (Lipinski definition) is 1. The summed E-state index contributed by atoms with van der Waals surface area (Å²) in [5.74, 6) is 0.565. The number of nitrogens with zero attached hydrogens (tertiary/aromatic N) is 5. The van der Waals surface area contributed by atoms with Crippen LogP contribution in [0.5, 0.6) is 5.88 Å². The molecule has 0 unspecified atom stereocenters. The van der Waals surface area contributed by atoms with Crippen molar-refractivity contribution in [2.75, 3.05) is 31.1 Å². The second-order valence-corrected chi connectivity index (χ2v) is 9.52. The van der Waals surface area contributed by atoms with Gasteiger partial charge in [-0.15, -0.1) is 5.10 Å². The van der Waals surface area contributed by atoms with E-state index < -0.39 is 0 Å². The summed E-state index contributed by atoms with van der Waals surface area (Å²) in [6.45, 7) is 5.08. The van der Waals surface area contributed by atoms with Crippen molar-refractivity contribution in [3.8, 4) is 5.88 Å². The molecule has 0 bridgehead atoms. The molecule has 31 heavy (non-hydrogen) atoms. The Labute approximate surface area is 191 Å². The third kappa shape index (κ3) is 3.93. The van der Waals surface area contributed by atoms with Crippen LogP contribution in [0.1, 0.15) is 22.3 Å². The quantitative estimate of drug-likeness (QED) is 0.442. The van der Waals surface area contributed by atoms with E-state index in [9.17, 15) is 9.50 Å². The summed E-state index contributed by atoms with van der Waals surface area (Å²) in [4.78, 5) is 10.6. The first-order chi connectivity index (χ1) is 15.0. The van der Waals surface area contributed by atoms with Crippen molar-refractivity contribution >= 4 is 37.9 Å². The maximum absolute atomic E-state index is 13.3. The Morgan fingerprint density at radius 1 is 1.03 bits per heavy atom. The predicted molar refractivity (Wildman–Crippen MR) is 123 cm³/mol. The van der Waals surface area contributed by atoms with Crippen molar-refractivity contribution in [1.82, 2.24) is 19.5 Å². The minimum Gasteiger partial charge on any atom is -0.492 e. The van der Waals surface area contributed by atoms with Gasteiger partial charge in [-0.3, -0.25) is 4.90 Å². The minimum absolute atomic E-state index is 0.0997. The third-order valence-corrected chi connectivity index (χ3v) is 7.21. The van der Waals surface area contributed by atoms with Gasteiger partial charge in [0.25, 0.3) is 0 Å². The van der Waals surface area contributed by atoms with Crippen LogP contribution in [0.4, 0.5) is 10.1 Å². The standard InChI is InChI=1S/C22H21BrFN5OS/c1-14-25-22-29(26-14)21(30)20(31-22)19(15-2-4-16(23)5-3-15)28-12-10-27(11-13-28)18-8-6-17(24)7-9-18/h2-9,19,30H,10-13H2,1H3/t19-/m1/s1. The van der Waals surface area contributed by atoms with E-state index in [2.05, 4.69) is 47.9 Å². The van der Waals surface area contributed by atoms with Gasteiger partial charge in [-0.05, 0) is 48.9 Å². The highest BCUT2D eigenvalue weighted by Crippen LogP contribution is 2.40. The topological polar surface area (TPSA) is 56.9 Å². The highest BCUT2D eigenvalue weighted by molar-refractivity contribution is 9.10. The fourth-order valence-electron chi connectivity index (χ4n) is 4.09. The highest BCUT2D eigenvalue weighted by Gasteiger charge is 2.31. The normalized spacial score (nSPS) is 16.2. The molecule has 160 valence electrons. The van der Waals surface area contributed by atoms with Gasteiger partial charge in [0.2, 0.25) is 10.8 Å². The molecular formula is C22H21BrFN5OS. The molecular weight excluding hydrogens is 481 g/mol. The van der Waals surface area contributed by atoms with Crippen LogP contribution in [0.25, 0.3) is 4.96 Å². The average Bonchev–Trinajstić information content (AvgIpc) is 3.28. The molecule has 1 aliphatic rings. The molecule has 4 aromatic rings. The summed E-state index contributed by atoms with van der Waals surface area (Å²) in [6, 6.07) is 14.8. The number of halogens is 2. The first-order valence-corrected chi connectivity index (χ1v) is 11.7. The van der Waals surface area contributed by atoms with Crippen LogP contribution in [-0.4, -0.2) is 50.8 Å². The Balaban J connectivity index is 1.46. The molecule has 0 saturated carbocycles. The van der Waals surface area contributed by atoms with Crippen molar-refractivity contribution in [2.45, 2.75) is 13.0 Å². The molecule has 1 N–H and O–H groups in total. The molecule has 1 aliphatic heterocycles. The van der Waals surface area contributed by atoms with Crippen molar-refractivity contribution in [1.29, 1.82) is 0 Å². The fraction of sp³-hybridized carbons (Fsp3) is 0.273. The first kappa shape index (κ1) is 20.4. The van der Waals surface area contributed by atoms with Crippen molar-refractivity contribution in [2.24, 2.45) is 0 Å². The van der Waals surface area contributed by atoms with E-state index in [4.69, 9.17) is 0 Å². The van der Waals surface area contributed by atoms with Crippen LogP contribution in [0.15, 0.2) is 53.0 Å². The van der Waals surface area contributed by atoms with E-state index in [1.54, 1.807) is 0 Å². The SMILES string of the molecule is Cc1nc2sc([C@@H](c3ccc(Br)cc3)N3CCN(c4ccc(F)cc4)CC3)c(O)n2n1. The highest BCUT2D eigenvalue weighted by atomic mass is 79.9. The van der Waals surface area contributed by atoms with Gasteiger partial charge in [0.05, 0.1) is 10.9 Å². The number of benzene rings is 2. The summed E-state index contributed by atoms with van der Waals surface area (Å²) >= 11 is 4.99. The Bertz CT molecular complexity index is 1200. The molecule has 1 atom stereocenters. The average molecular weight is 502 g/mol. The lowest BCUT2D eigenvalue weighted by Crippen LogP contribution is -2.47. The van der Waals surface area contributed by atoms with Gasteiger partial charge >= 0.3 is 0 Å². The van der Waals surface area contributed by atoms with Crippen molar-refractivity contribution < 1.29 is 9.50 Å². The van der Waals surface area contributed by atoms with E-state index in [1.807, 2.05) is 31.2 Å². The van der Waals surface area contributed by atoms with E-state index in [-0.39, 0.29) is 17.7 Å². The molecule has 0 aliphatic carbocycles. The van der Waals surface area contributed by atoms with Gasteiger partial charge in [-0.25, -0.2) is 9.37 Å². The van der Waals surface area contributed by atoms with Gasteiger partial charge in [-0.2, -0.15) is 4.52 Å². The van der Waals surface area contributed by atoms with Crippen LogP contribution in [0.3, 0.4) is 0 Å². The number of piperazine rings is 1. The molecule has 5 rings (SSSR count). The molecule has 1 saturated heterocycles. The van der Waals surface area contributed by atoms with Gasteiger partial charge in [-0.1, -0.05) is 39.4 Å². The number of aromatic nitrogens is 3. The minimum atomic E-state index is -0.222. The van der Waals surface area contributed by atoms with Gasteiger partial charge in [0.1, 0.15) is 11.6 Å². The number of anilines is 1. The van der Waals surface area contributed by atoms with Gasteiger partial charge in [0.15, 0.2) is 0 Å². The predicted octanol–water partition coefficient (Wildman–Crippen LogP) is 4.62. The Morgan fingerprint density at radius 2 is 1.71 bits per heavy atom. The first-order valence-electron chi connectivity index (χ1n) is 10.0. The Hall–Kier alpha value is -2.49. The Morgan fingerprint density at radius 3 is 2.35 bits per heavy atom. The lowest BCUT2D eigenvalue weighted by atomic mass is 10.0. The summed E-state index contributed by atoms with van der Waals surface area (Å²) < 4.78 is 15.8. The van der Waals surface area contributed by atoms with Gasteiger partial charge in [0, 0.05) is 36.3 Å². The zero-order valence-electron chi connectivity index (χ0n) is 16.9. The summed E-state index contributed by atoms with van der Waals surface area (Å²) in [5, 5.41) is 15.3. The second kappa shape index (κ2) is 8.22. The van der Waals surface area contributed by atoms with Crippen LogP contribution in [0.2, 0.25) is 0 Å². The molecule has 2 aromatic heterocycles. The molecule has 0 radical (unpaired) electrons. The summed E-state index contributed by atoms with van der Waals surface area (Å²) in [6.07, 6.45) is 0. The molecule has 0 spiro atoms. The molecule has 3 heterocycles. The van der Waals surface area contributed by atoms with Crippen LogP contribution >= 0.6 is 27.3 Å². The number of thiazole rings is 1. The van der Waals surface area contributed by atoms with Gasteiger partial charge < -0.3 is 10.0 Å². The number of hydrogen-bond acceptors (Lipinski definition) is 6. The van der Waals surface area contributed by atoms with Crippen molar-refractivity contribution in [3.05, 3.63) is 75.1 Å². The van der Waals surface area contributed by atoms with E-state index in [0.29, 0.717) is 10.8 Å². The number of fused-ring (bicyclic) bond motifs is 1. The van der Waals surface area contributed by atoms with E-state index in [0.717, 1.165) is 46.8 Å². The lowest BCUT2D eigenvalue weighted by Gasteiger charge is -2.40. The molecule has 1 fully saturated rings. The molecule has 2 aromatic carbocycles. The zero-order valence-corrected chi connectivity index (χ0v) is 19.3. The molecule has 6 nitrogen and oxygen atoms in total. The van der Waals surface area contributed by atoms with Crippen molar-refractivity contribution in [3.63, 3.8) is 0 Å². The fourth-order valence-corrected chi connectivity index (χ4v) is 5.52. The number of rotatable bonds is 4. The smallest absolute Gasteiger partial charge is 0.230 e. The third-order valence-electron chi connectivity index (χ3n) is 5.61. The van der Waals surface area contributed by atoms with Crippen LogP contribution in [-0.2, 0) is 0 Å². The molecule has 9 heteroatoms. The maximum Gasteiger partial charge on any atom is 0.230 e. The molecule has 0 amide bonds. The summed E-state index contributed by atoms with van der Waals surface area (Å²) in [7, 11) is 0.